The van der Waals surface area contributed by atoms with Crippen LogP contribution in [-0.2, 0) is 6.42 Å². The first-order valence-electron chi connectivity index (χ1n) is 6.57. The van der Waals surface area contributed by atoms with Crippen LogP contribution in [0.4, 0.5) is 0 Å². The quantitative estimate of drug-likeness (QED) is 0.781. The van der Waals surface area contributed by atoms with E-state index in [1.54, 1.807) is 36.4 Å². The Kier molecular flexibility index (Phi) is 4.31. The summed E-state index contributed by atoms with van der Waals surface area (Å²) in [6, 6.07) is 13.6. The summed E-state index contributed by atoms with van der Waals surface area (Å²) in [6.45, 7) is 1.96. The predicted octanol–water partition coefficient (Wildman–Crippen LogP) is 2.23. The Bertz CT molecular complexity index is 630. The minimum absolute atomic E-state index is 0.104. The highest BCUT2D eigenvalue weighted by molar-refractivity contribution is 6.09. The molecule has 3 nitrogen and oxygen atoms in total. The van der Waals surface area contributed by atoms with Crippen molar-refractivity contribution < 1.29 is 14.7 Å². The van der Waals surface area contributed by atoms with Crippen LogP contribution in [0.3, 0.4) is 0 Å². The highest BCUT2D eigenvalue weighted by Crippen LogP contribution is 2.17. The Balaban J connectivity index is 2.41. The van der Waals surface area contributed by atoms with E-state index >= 15 is 0 Å². The van der Waals surface area contributed by atoms with Gasteiger partial charge in [-0.3, -0.25) is 4.79 Å². The van der Waals surface area contributed by atoms with Gasteiger partial charge in [0.25, 0.3) is 0 Å². The van der Waals surface area contributed by atoms with Crippen molar-refractivity contribution in [1.82, 2.24) is 0 Å². The molecule has 3 heteroatoms. The second-order valence-electron chi connectivity index (χ2n) is 4.60. The van der Waals surface area contributed by atoms with E-state index in [1.807, 2.05) is 13.0 Å². The Morgan fingerprint density at radius 1 is 1.00 bits per heavy atom. The predicted molar refractivity (Wildman–Crippen MR) is 74.6 cm³/mol. The van der Waals surface area contributed by atoms with Crippen LogP contribution in [0, 0.1) is 0 Å². The fourth-order valence-electron chi connectivity index (χ4n) is 2.17. The summed E-state index contributed by atoms with van der Waals surface area (Å²) < 4.78 is 0. The van der Waals surface area contributed by atoms with E-state index in [-0.39, 0.29) is 11.3 Å². The molecule has 0 spiro atoms. The Hall–Kier alpha value is -2.42. The van der Waals surface area contributed by atoms with Crippen LogP contribution in [0.15, 0.2) is 48.5 Å². The molecule has 0 aliphatic rings. The van der Waals surface area contributed by atoms with Gasteiger partial charge in [0.2, 0.25) is 0 Å². The molecule has 20 heavy (non-hydrogen) atoms. The average Bonchev–Trinajstić information content (AvgIpc) is 2.47. The molecule has 0 saturated carbocycles. The van der Waals surface area contributed by atoms with Crippen LogP contribution in [0.1, 0.15) is 45.2 Å². The van der Waals surface area contributed by atoms with Gasteiger partial charge in [0, 0.05) is 16.7 Å². The molecule has 0 radical (unpaired) electrons. The van der Waals surface area contributed by atoms with Gasteiger partial charge in [0.05, 0.1) is 5.97 Å². The van der Waals surface area contributed by atoms with Crippen molar-refractivity contribution in [2.45, 2.75) is 19.8 Å². The van der Waals surface area contributed by atoms with Crippen molar-refractivity contribution in [3.63, 3.8) is 0 Å². The maximum absolute atomic E-state index is 12.3. The third-order valence-electron chi connectivity index (χ3n) is 3.14. The minimum atomic E-state index is -1.20. The second-order valence-corrected chi connectivity index (χ2v) is 4.60. The van der Waals surface area contributed by atoms with Crippen LogP contribution in [-0.4, -0.2) is 11.8 Å². The molecular weight excluding hydrogens is 252 g/mol. The van der Waals surface area contributed by atoms with E-state index in [4.69, 9.17) is 0 Å². The van der Waals surface area contributed by atoms with Gasteiger partial charge in [-0.25, -0.2) is 0 Å². The molecule has 0 atom stereocenters. The summed E-state index contributed by atoms with van der Waals surface area (Å²) in [4.78, 5) is 23.4. The summed E-state index contributed by atoms with van der Waals surface area (Å²) in [5, 5.41) is 11.1. The molecule has 0 fully saturated rings. The van der Waals surface area contributed by atoms with E-state index in [1.165, 1.54) is 6.07 Å². The first-order valence-corrected chi connectivity index (χ1v) is 6.57. The molecule has 0 amide bonds. The zero-order chi connectivity index (χ0) is 14.5. The zero-order valence-electron chi connectivity index (χ0n) is 11.3. The molecule has 2 rings (SSSR count). The van der Waals surface area contributed by atoms with Crippen molar-refractivity contribution >= 4 is 11.8 Å². The standard InChI is InChI=1S/C17H16O3/c1-2-6-13-11-14(9-10-15(13)17(19)20)16(18)12-7-4-3-5-8-12/h3-5,7-11H,2,6H2,1H3,(H,19,20)/p-1. The minimum Gasteiger partial charge on any atom is -0.545 e. The number of aryl methyl sites for hydroxylation is 1. The summed E-state index contributed by atoms with van der Waals surface area (Å²) in [6.07, 6.45) is 1.42. The molecule has 2 aromatic carbocycles. The van der Waals surface area contributed by atoms with E-state index in [9.17, 15) is 14.7 Å². The number of carboxylic acids is 1. The highest BCUT2D eigenvalue weighted by atomic mass is 16.4. The molecule has 0 aromatic heterocycles. The topological polar surface area (TPSA) is 57.2 Å². The van der Waals surface area contributed by atoms with Crippen molar-refractivity contribution in [3.8, 4) is 0 Å². The van der Waals surface area contributed by atoms with Crippen LogP contribution >= 0.6 is 0 Å². The monoisotopic (exact) mass is 267 g/mol. The SMILES string of the molecule is CCCc1cc(C(=O)c2ccccc2)ccc1C(=O)[O-]. The molecule has 0 N–H and O–H groups in total. The summed E-state index contributed by atoms with van der Waals surface area (Å²) in [5.74, 6) is -1.31. The number of carbonyl (C=O) groups excluding carboxylic acids is 2. The van der Waals surface area contributed by atoms with E-state index in [0.29, 0.717) is 23.1 Å². The molecule has 2 aromatic rings. The molecule has 0 aliphatic heterocycles. The molecule has 102 valence electrons. The van der Waals surface area contributed by atoms with Gasteiger partial charge in [-0.05, 0) is 18.1 Å². The fourth-order valence-corrected chi connectivity index (χ4v) is 2.17. The number of benzene rings is 2. The maximum atomic E-state index is 12.3. The van der Waals surface area contributed by atoms with Gasteiger partial charge in [-0.15, -0.1) is 0 Å². The Morgan fingerprint density at radius 3 is 2.30 bits per heavy atom. The van der Waals surface area contributed by atoms with Gasteiger partial charge in [-0.2, -0.15) is 0 Å². The molecule has 0 aliphatic carbocycles. The number of carbonyl (C=O) groups is 2. The van der Waals surface area contributed by atoms with Crippen molar-refractivity contribution in [3.05, 3.63) is 70.8 Å². The third-order valence-corrected chi connectivity index (χ3v) is 3.14. The normalized spacial score (nSPS) is 10.2. The molecular formula is C17H15O3-. The van der Waals surface area contributed by atoms with Gasteiger partial charge in [0.15, 0.2) is 5.78 Å². The first-order chi connectivity index (χ1) is 9.63. The summed E-state index contributed by atoms with van der Waals surface area (Å²) in [5.41, 5.74) is 1.91. The van der Waals surface area contributed by atoms with Crippen molar-refractivity contribution in [2.75, 3.05) is 0 Å². The van der Waals surface area contributed by atoms with Crippen LogP contribution in [0.5, 0.6) is 0 Å². The van der Waals surface area contributed by atoms with Crippen LogP contribution in [0.2, 0.25) is 0 Å². The molecule has 0 heterocycles. The fraction of sp³-hybridized carbons (Fsp3) is 0.176. The van der Waals surface area contributed by atoms with Crippen molar-refractivity contribution in [2.24, 2.45) is 0 Å². The number of rotatable bonds is 5. The number of hydrogen-bond donors (Lipinski definition) is 0. The van der Waals surface area contributed by atoms with E-state index in [2.05, 4.69) is 0 Å². The van der Waals surface area contributed by atoms with Gasteiger partial charge < -0.3 is 9.90 Å². The average molecular weight is 267 g/mol. The smallest absolute Gasteiger partial charge is 0.193 e. The first kappa shape index (κ1) is 14.0. The summed E-state index contributed by atoms with van der Waals surface area (Å²) in [7, 11) is 0. The maximum Gasteiger partial charge on any atom is 0.193 e. The number of carboxylic acid groups (broad SMARTS) is 1. The van der Waals surface area contributed by atoms with Crippen LogP contribution < -0.4 is 5.11 Å². The second kappa shape index (κ2) is 6.15. The molecule has 0 bridgehead atoms. The zero-order valence-corrected chi connectivity index (χ0v) is 11.3. The van der Waals surface area contributed by atoms with E-state index < -0.39 is 5.97 Å². The highest BCUT2D eigenvalue weighted by Gasteiger charge is 2.11. The molecule has 0 unspecified atom stereocenters. The lowest BCUT2D eigenvalue weighted by atomic mass is 9.96. The van der Waals surface area contributed by atoms with Crippen molar-refractivity contribution in [1.29, 1.82) is 0 Å². The lowest BCUT2D eigenvalue weighted by Gasteiger charge is -2.11. The lowest BCUT2D eigenvalue weighted by molar-refractivity contribution is -0.255. The number of ketones is 1. The largest absolute Gasteiger partial charge is 0.545 e. The van der Waals surface area contributed by atoms with Gasteiger partial charge in [-0.1, -0.05) is 55.8 Å². The Labute approximate surface area is 117 Å². The third kappa shape index (κ3) is 2.94. The van der Waals surface area contributed by atoms with E-state index in [0.717, 1.165) is 6.42 Å². The van der Waals surface area contributed by atoms with Crippen LogP contribution in [0.25, 0.3) is 0 Å². The summed E-state index contributed by atoms with van der Waals surface area (Å²) >= 11 is 0. The van der Waals surface area contributed by atoms with Gasteiger partial charge >= 0.3 is 0 Å². The molecule has 0 saturated heterocycles. The number of aromatic carboxylic acids is 1. The Morgan fingerprint density at radius 2 is 1.70 bits per heavy atom. The van der Waals surface area contributed by atoms with Gasteiger partial charge in [0.1, 0.15) is 0 Å². The number of hydrogen-bond acceptors (Lipinski definition) is 3. The lowest BCUT2D eigenvalue weighted by Crippen LogP contribution is -2.24.